The molecule has 0 atom stereocenters. The molecule has 6 nitrogen and oxygen atoms in total. The van der Waals surface area contributed by atoms with Crippen molar-refractivity contribution in [3.8, 4) is 5.75 Å². The van der Waals surface area contributed by atoms with Gasteiger partial charge >= 0.3 is 0 Å². The van der Waals surface area contributed by atoms with E-state index >= 15 is 0 Å². The molecule has 4 aromatic rings. The molecule has 1 fully saturated rings. The van der Waals surface area contributed by atoms with Gasteiger partial charge in [0, 0.05) is 25.2 Å². The first-order chi connectivity index (χ1) is 14.5. The maximum Gasteiger partial charge on any atom is 0.252 e. The highest BCUT2D eigenvalue weighted by Gasteiger charge is 2.28. The molecular weight excluding hydrogens is 376 g/mol. The van der Waals surface area contributed by atoms with Crippen LogP contribution in [0.4, 0.5) is 0 Å². The molecule has 2 aromatic heterocycles. The van der Waals surface area contributed by atoms with Gasteiger partial charge in [0.1, 0.15) is 5.75 Å². The number of aryl methyl sites for hydroxylation is 2. The second-order valence-corrected chi connectivity index (χ2v) is 8.01. The normalized spacial score (nSPS) is 13.7. The third-order valence-electron chi connectivity index (χ3n) is 5.79. The number of hydrogen-bond acceptors (Lipinski definition) is 4. The van der Waals surface area contributed by atoms with E-state index in [2.05, 4.69) is 22.5 Å². The lowest BCUT2D eigenvalue weighted by Crippen LogP contribution is -2.23. The van der Waals surface area contributed by atoms with E-state index in [4.69, 9.17) is 9.72 Å². The number of hydrogen-bond donors (Lipinski definition) is 1. The standard InChI is InChI=1S/C24H24N4O2/c1-14-22-20(12-21(16-6-7-16)26-23(22)28(2)27-14)24(29)25-13-15-4-5-18-11-19(30-3)9-8-17(18)10-15/h4-5,8-12,16H,6-7,13H2,1-3H3,(H,25,29). The van der Waals surface area contributed by atoms with Gasteiger partial charge in [-0.1, -0.05) is 18.2 Å². The van der Waals surface area contributed by atoms with Crippen LogP contribution in [-0.2, 0) is 13.6 Å². The zero-order chi connectivity index (χ0) is 20.8. The van der Waals surface area contributed by atoms with Crippen LogP contribution in [0, 0.1) is 6.92 Å². The maximum absolute atomic E-state index is 13.1. The minimum atomic E-state index is -0.0878. The van der Waals surface area contributed by atoms with Gasteiger partial charge in [0.15, 0.2) is 5.65 Å². The molecule has 0 aliphatic heterocycles. The smallest absolute Gasteiger partial charge is 0.252 e. The third-order valence-corrected chi connectivity index (χ3v) is 5.79. The number of ether oxygens (including phenoxy) is 1. The molecule has 0 spiro atoms. The van der Waals surface area contributed by atoms with Crippen LogP contribution >= 0.6 is 0 Å². The number of pyridine rings is 1. The Morgan fingerprint density at radius 3 is 2.70 bits per heavy atom. The molecule has 2 heterocycles. The molecule has 1 saturated carbocycles. The van der Waals surface area contributed by atoms with Gasteiger partial charge in [0.2, 0.25) is 0 Å². The minimum Gasteiger partial charge on any atom is -0.497 e. The Labute approximate surface area is 174 Å². The van der Waals surface area contributed by atoms with Gasteiger partial charge < -0.3 is 10.1 Å². The number of benzene rings is 2. The summed E-state index contributed by atoms with van der Waals surface area (Å²) in [5.74, 6) is 1.22. The molecule has 0 bridgehead atoms. The fraction of sp³-hybridized carbons (Fsp3) is 0.292. The molecule has 2 aromatic carbocycles. The number of rotatable bonds is 5. The Kier molecular flexibility index (Phi) is 4.42. The molecule has 152 valence electrons. The predicted molar refractivity (Wildman–Crippen MR) is 117 cm³/mol. The number of methoxy groups -OCH3 is 1. The molecule has 5 rings (SSSR count). The highest BCUT2D eigenvalue weighted by atomic mass is 16.5. The number of carbonyl (C=O) groups is 1. The van der Waals surface area contributed by atoms with Crippen molar-refractivity contribution < 1.29 is 9.53 Å². The van der Waals surface area contributed by atoms with Crippen LogP contribution in [0.15, 0.2) is 42.5 Å². The van der Waals surface area contributed by atoms with Crippen molar-refractivity contribution in [1.82, 2.24) is 20.1 Å². The van der Waals surface area contributed by atoms with Gasteiger partial charge in [-0.2, -0.15) is 5.10 Å². The van der Waals surface area contributed by atoms with Crippen LogP contribution < -0.4 is 10.1 Å². The molecule has 1 amide bonds. The summed E-state index contributed by atoms with van der Waals surface area (Å²) in [5.41, 5.74) is 4.32. The zero-order valence-electron chi connectivity index (χ0n) is 17.4. The average Bonchev–Trinajstić information content (AvgIpc) is 3.57. The summed E-state index contributed by atoms with van der Waals surface area (Å²) in [5, 5.41) is 10.6. The first kappa shape index (κ1) is 18.6. The second kappa shape index (κ2) is 7.13. The topological polar surface area (TPSA) is 69.0 Å². The highest BCUT2D eigenvalue weighted by Crippen LogP contribution is 2.40. The van der Waals surface area contributed by atoms with Crippen LogP contribution in [0.2, 0.25) is 0 Å². The van der Waals surface area contributed by atoms with Crippen LogP contribution in [0.25, 0.3) is 21.8 Å². The molecule has 1 aliphatic carbocycles. The van der Waals surface area contributed by atoms with Gasteiger partial charge in [0.25, 0.3) is 5.91 Å². The Bertz CT molecular complexity index is 1290. The summed E-state index contributed by atoms with van der Waals surface area (Å²) in [6.45, 7) is 2.39. The van der Waals surface area contributed by atoms with Gasteiger partial charge in [-0.3, -0.25) is 9.48 Å². The molecule has 0 radical (unpaired) electrons. The van der Waals surface area contributed by atoms with Crippen molar-refractivity contribution in [2.45, 2.75) is 32.2 Å². The fourth-order valence-electron chi connectivity index (χ4n) is 4.02. The summed E-state index contributed by atoms with van der Waals surface area (Å²) in [4.78, 5) is 17.9. The molecule has 1 N–H and O–H groups in total. The average molecular weight is 400 g/mol. The summed E-state index contributed by atoms with van der Waals surface area (Å²) >= 11 is 0. The second-order valence-electron chi connectivity index (χ2n) is 8.01. The fourth-order valence-corrected chi connectivity index (χ4v) is 4.02. The Hall–Kier alpha value is -3.41. The van der Waals surface area contributed by atoms with Crippen molar-refractivity contribution in [2.75, 3.05) is 7.11 Å². The third kappa shape index (κ3) is 3.28. The first-order valence-corrected chi connectivity index (χ1v) is 10.2. The Morgan fingerprint density at radius 2 is 1.93 bits per heavy atom. The number of fused-ring (bicyclic) bond motifs is 2. The molecule has 6 heteroatoms. The van der Waals surface area contributed by atoms with Gasteiger partial charge in [-0.05, 0) is 60.4 Å². The number of amides is 1. The summed E-state index contributed by atoms with van der Waals surface area (Å²) in [6.07, 6.45) is 2.27. The van der Waals surface area contributed by atoms with Crippen molar-refractivity contribution in [3.63, 3.8) is 0 Å². The highest BCUT2D eigenvalue weighted by molar-refractivity contribution is 6.06. The molecule has 1 aliphatic rings. The van der Waals surface area contributed by atoms with E-state index in [1.165, 1.54) is 0 Å². The largest absolute Gasteiger partial charge is 0.497 e. The van der Waals surface area contributed by atoms with Crippen molar-refractivity contribution in [3.05, 3.63) is 65.0 Å². The maximum atomic E-state index is 13.1. The summed E-state index contributed by atoms with van der Waals surface area (Å²) in [6, 6.07) is 14.1. The first-order valence-electron chi connectivity index (χ1n) is 10.2. The van der Waals surface area contributed by atoms with Crippen LogP contribution in [0.5, 0.6) is 5.75 Å². The quantitative estimate of drug-likeness (QED) is 0.544. The predicted octanol–water partition coefficient (Wildman–Crippen LogP) is 4.25. The van der Waals surface area contributed by atoms with E-state index < -0.39 is 0 Å². The summed E-state index contributed by atoms with van der Waals surface area (Å²) < 4.78 is 7.06. The number of carbonyl (C=O) groups excluding carboxylic acids is 1. The molecule has 30 heavy (non-hydrogen) atoms. The van der Waals surface area contributed by atoms with Crippen LogP contribution in [0.3, 0.4) is 0 Å². The minimum absolute atomic E-state index is 0.0878. The lowest BCUT2D eigenvalue weighted by atomic mass is 10.1. The zero-order valence-corrected chi connectivity index (χ0v) is 17.4. The van der Waals surface area contributed by atoms with Gasteiger partial charge in [-0.15, -0.1) is 0 Å². The number of nitrogens with one attached hydrogen (secondary N) is 1. The monoisotopic (exact) mass is 400 g/mol. The lowest BCUT2D eigenvalue weighted by Gasteiger charge is -2.10. The lowest BCUT2D eigenvalue weighted by molar-refractivity contribution is 0.0952. The van der Waals surface area contributed by atoms with E-state index in [1.54, 1.807) is 11.8 Å². The van der Waals surface area contributed by atoms with Crippen molar-refractivity contribution in [1.29, 1.82) is 0 Å². The van der Waals surface area contributed by atoms with E-state index in [1.807, 2.05) is 44.3 Å². The van der Waals surface area contributed by atoms with E-state index in [0.717, 1.165) is 57.3 Å². The molecular formula is C24H24N4O2. The molecule has 0 unspecified atom stereocenters. The van der Waals surface area contributed by atoms with E-state index in [0.29, 0.717) is 18.0 Å². The van der Waals surface area contributed by atoms with Gasteiger partial charge in [0.05, 0.1) is 23.8 Å². The Morgan fingerprint density at radius 1 is 1.17 bits per heavy atom. The summed E-state index contributed by atoms with van der Waals surface area (Å²) in [7, 11) is 3.55. The van der Waals surface area contributed by atoms with Gasteiger partial charge in [-0.25, -0.2) is 4.98 Å². The van der Waals surface area contributed by atoms with Crippen LogP contribution in [-0.4, -0.2) is 27.8 Å². The molecule has 0 saturated heterocycles. The van der Waals surface area contributed by atoms with Crippen molar-refractivity contribution in [2.24, 2.45) is 7.05 Å². The number of nitrogens with zero attached hydrogens (tertiary/aromatic N) is 3. The van der Waals surface area contributed by atoms with E-state index in [-0.39, 0.29) is 5.91 Å². The SMILES string of the molecule is COc1ccc2cc(CNC(=O)c3cc(C4CC4)nc4c3c(C)nn4C)ccc2c1. The van der Waals surface area contributed by atoms with Crippen LogP contribution in [0.1, 0.15) is 46.1 Å². The Balaban J connectivity index is 1.43. The van der Waals surface area contributed by atoms with E-state index in [9.17, 15) is 4.79 Å². The number of aromatic nitrogens is 3. The van der Waals surface area contributed by atoms with Crippen molar-refractivity contribution >= 4 is 27.7 Å².